The predicted octanol–water partition coefficient (Wildman–Crippen LogP) is 15.5. The molecule has 10 aromatic carbocycles. The van der Waals surface area contributed by atoms with Crippen LogP contribution in [0, 0.1) is 0 Å². The number of thiophene rings is 1. The molecule has 0 saturated carbocycles. The molecule has 13 rings (SSSR count). The Morgan fingerprint density at radius 2 is 0.823 bits per heavy atom. The topological polar surface area (TPSA) is 43.6 Å². The molecule has 3 heterocycles. The van der Waals surface area contributed by atoms with E-state index in [0.717, 1.165) is 39.0 Å². The number of hydrogen-bond donors (Lipinski definition) is 0. The fourth-order valence-corrected chi connectivity index (χ4v) is 10.5. The average Bonchev–Trinajstić information content (AvgIpc) is 3.86. The van der Waals surface area contributed by atoms with E-state index in [1.165, 1.54) is 68.8 Å². The summed E-state index contributed by atoms with van der Waals surface area (Å²) in [6.45, 7) is 0. The molecular weight excluding hydrogens is 773 g/mol. The Kier molecular flexibility index (Phi) is 7.74. The minimum Gasteiger partial charge on any atom is -0.308 e. The first-order valence-electron chi connectivity index (χ1n) is 20.9. The fourth-order valence-electron chi connectivity index (χ4n) is 9.36. The summed E-state index contributed by atoms with van der Waals surface area (Å²) in [6, 6.07) is 74.0. The molecule has 0 fully saturated rings. The molecule has 62 heavy (non-hydrogen) atoms. The van der Waals surface area contributed by atoms with E-state index in [1.54, 1.807) is 0 Å². The van der Waals surface area contributed by atoms with Gasteiger partial charge in [0.25, 0.3) is 0 Å². The normalized spacial score (nSPS) is 11.9. The molecule has 288 valence electrons. The summed E-state index contributed by atoms with van der Waals surface area (Å²) >= 11 is 1.84. The van der Waals surface area contributed by atoms with E-state index in [2.05, 4.69) is 187 Å². The Morgan fingerprint density at radius 1 is 0.323 bits per heavy atom. The monoisotopic (exact) mass is 806 g/mol. The molecule has 3 aromatic heterocycles. The predicted molar refractivity (Wildman–Crippen MR) is 261 cm³/mol. The zero-order chi connectivity index (χ0) is 40.7. The molecule has 0 N–H and O–H groups in total. The molecular formula is C57H34N4S. The van der Waals surface area contributed by atoms with Gasteiger partial charge in [-0.3, -0.25) is 0 Å². The van der Waals surface area contributed by atoms with Crippen LogP contribution in [0.5, 0.6) is 0 Å². The van der Waals surface area contributed by atoms with Gasteiger partial charge in [-0.1, -0.05) is 170 Å². The zero-order valence-corrected chi connectivity index (χ0v) is 34.1. The van der Waals surface area contributed by atoms with Crippen LogP contribution < -0.4 is 0 Å². The number of fused-ring (bicyclic) bond motifs is 10. The SMILES string of the molecule is c1ccc(-c2ccc(-c3nc(-c4ccccc4)nc(-c4cc5c(cc4-n4c6cc7ccccc7cc6c6ccc7ccccc7c64)sc4cc6ccccc6cc45)n3)cc2)cc1. The van der Waals surface area contributed by atoms with Crippen molar-refractivity contribution in [1.82, 2.24) is 19.5 Å². The van der Waals surface area contributed by atoms with E-state index in [-0.39, 0.29) is 0 Å². The molecule has 0 aliphatic rings. The minimum atomic E-state index is 0.619. The second-order valence-corrected chi connectivity index (χ2v) is 17.1. The number of nitrogens with zero attached hydrogens (tertiary/aromatic N) is 4. The third-order valence-corrected chi connectivity index (χ3v) is 13.5. The van der Waals surface area contributed by atoms with Crippen molar-refractivity contribution >= 4 is 85.6 Å². The van der Waals surface area contributed by atoms with E-state index in [9.17, 15) is 0 Å². The maximum atomic E-state index is 5.43. The van der Waals surface area contributed by atoms with Crippen LogP contribution in [0.25, 0.3) is 125 Å². The lowest BCUT2D eigenvalue weighted by molar-refractivity contribution is 1.07. The molecule has 0 bridgehead atoms. The largest absolute Gasteiger partial charge is 0.308 e. The van der Waals surface area contributed by atoms with Gasteiger partial charge in [0.05, 0.1) is 16.7 Å². The smallest absolute Gasteiger partial charge is 0.166 e. The van der Waals surface area contributed by atoms with Gasteiger partial charge in [-0.25, -0.2) is 15.0 Å². The van der Waals surface area contributed by atoms with E-state index in [0.29, 0.717) is 17.5 Å². The summed E-state index contributed by atoms with van der Waals surface area (Å²) in [5.41, 5.74) is 8.43. The number of hydrogen-bond acceptors (Lipinski definition) is 4. The van der Waals surface area contributed by atoms with Crippen molar-refractivity contribution in [3.63, 3.8) is 0 Å². The fraction of sp³-hybridized carbons (Fsp3) is 0. The third kappa shape index (κ3) is 5.56. The molecule has 13 aromatic rings. The van der Waals surface area contributed by atoms with Crippen molar-refractivity contribution in [2.45, 2.75) is 0 Å². The van der Waals surface area contributed by atoms with Crippen LogP contribution in [-0.2, 0) is 0 Å². The van der Waals surface area contributed by atoms with Crippen molar-refractivity contribution in [3.8, 4) is 51.0 Å². The van der Waals surface area contributed by atoms with Gasteiger partial charge in [0, 0.05) is 53.0 Å². The van der Waals surface area contributed by atoms with E-state index < -0.39 is 0 Å². The Balaban J connectivity index is 1.15. The van der Waals surface area contributed by atoms with Gasteiger partial charge in [-0.15, -0.1) is 11.3 Å². The molecule has 0 spiro atoms. The van der Waals surface area contributed by atoms with Crippen molar-refractivity contribution in [2.75, 3.05) is 0 Å². The van der Waals surface area contributed by atoms with Crippen molar-refractivity contribution in [3.05, 3.63) is 206 Å². The van der Waals surface area contributed by atoms with E-state index >= 15 is 0 Å². The van der Waals surface area contributed by atoms with Gasteiger partial charge in [0.15, 0.2) is 17.5 Å². The van der Waals surface area contributed by atoms with E-state index in [4.69, 9.17) is 15.0 Å². The van der Waals surface area contributed by atoms with Crippen LogP contribution in [0.15, 0.2) is 206 Å². The Hall–Kier alpha value is -7.99. The van der Waals surface area contributed by atoms with Crippen molar-refractivity contribution < 1.29 is 0 Å². The lowest BCUT2D eigenvalue weighted by atomic mass is 10.0. The highest BCUT2D eigenvalue weighted by atomic mass is 32.1. The van der Waals surface area contributed by atoms with E-state index in [1.807, 2.05) is 35.6 Å². The number of benzene rings is 10. The molecule has 0 amide bonds. The highest BCUT2D eigenvalue weighted by molar-refractivity contribution is 7.26. The molecule has 0 radical (unpaired) electrons. The Bertz CT molecular complexity index is 3910. The maximum Gasteiger partial charge on any atom is 0.166 e. The molecule has 0 saturated heterocycles. The van der Waals surface area contributed by atoms with Gasteiger partial charge >= 0.3 is 0 Å². The summed E-state index contributed by atoms with van der Waals surface area (Å²) in [5, 5.41) is 12.1. The summed E-state index contributed by atoms with van der Waals surface area (Å²) in [7, 11) is 0. The molecule has 0 unspecified atom stereocenters. The third-order valence-electron chi connectivity index (χ3n) is 12.4. The highest BCUT2D eigenvalue weighted by Crippen LogP contribution is 2.45. The zero-order valence-electron chi connectivity index (χ0n) is 33.3. The van der Waals surface area contributed by atoms with Crippen LogP contribution in [0.1, 0.15) is 0 Å². The first-order chi connectivity index (χ1) is 30.7. The van der Waals surface area contributed by atoms with Crippen LogP contribution in [0.3, 0.4) is 0 Å². The maximum absolute atomic E-state index is 5.43. The van der Waals surface area contributed by atoms with Crippen molar-refractivity contribution in [1.29, 1.82) is 0 Å². The molecule has 0 aliphatic carbocycles. The first-order valence-corrected chi connectivity index (χ1v) is 21.7. The standard InChI is InChI=1S/C57H34N4S/c1-3-13-35(14-4-1)36-23-25-39(26-24-36)56-58-55(38-16-5-2-6-17-38)59-57(60-56)49-33-48-47-30-41-19-8-10-21-43(41)32-52(47)62-53(48)34-51(49)61-50-31-42-20-9-7-18-40(42)29-46(50)45-28-27-37-15-11-12-22-44(37)54(45)61/h1-34H. The van der Waals surface area contributed by atoms with Crippen LogP contribution >= 0.6 is 11.3 Å². The van der Waals surface area contributed by atoms with Crippen LogP contribution in [0.4, 0.5) is 0 Å². The summed E-state index contributed by atoms with van der Waals surface area (Å²) in [5.74, 6) is 1.87. The lowest BCUT2D eigenvalue weighted by Gasteiger charge is -2.16. The van der Waals surface area contributed by atoms with Crippen LogP contribution in [0.2, 0.25) is 0 Å². The Morgan fingerprint density at radius 3 is 1.53 bits per heavy atom. The quantitative estimate of drug-likeness (QED) is 0.174. The summed E-state index contributed by atoms with van der Waals surface area (Å²) in [6.07, 6.45) is 0. The second kappa shape index (κ2) is 13.8. The number of aromatic nitrogens is 4. The van der Waals surface area contributed by atoms with Crippen molar-refractivity contribution in [2.24, 2.45) is 0 Å². The summed E-state index contributed by atoms with van der Waals surface area (Å²) in [4.78, 5) is 16.0. The van der Waals surface area contributed by atoms with Gasteiger partial charge in [0.2, 0.25) is 0 Å². The second-order valence-electron chi connectivity index (χ2n) is 16.0. The van der Waals surface area contributed by atoms with Crippen LogP contribution in [-0.4, -0.2) is 19.5 Å². The number of rotatable bonds is 5. The first kappa shape index (κ1) is 34.8. The Labute approximate surface area is 360 Å². The average molecular weight is 807 g/mol. The molecule has 4 nitrogen and oxygen atoms in total. The lowest BCUT2D eigenvalue weighted by Crippen LogP contribution is -2.04. The minimum absolute atomic E-state index is 0.619. The molecule has 0 aliphatic heterocycles. The molecule has 5 heteroatoms. The van der Waals surface area contributed by atoms with Gasteiger partial charge in [-0.2, -0.15) is 0 Å². The highest BCUT2D eigenvalue weighted by Gasteiger charge is 2.23. The summed E-state index contributed by atoms with van der Waals surface area (Å²) < 4.78 is 4.94. The van der Waals surface area contributed by atoms with Gasteiger partial charge < -0.3 is 4.57 Å². The van der Waals surface area contributed by atoms with Gasteiger partial charge in [-0.05, 0) is 74.5 Å². The van der Waals surface area contributed by atoms with Gasteiger partial charge in [0.1, 0.15) is 0 Å². The molecule has 0 atom stereocenters.